The van der Waals surface area contributed by atoms with Crippen LogP contribution in [0.25, 0.3) is 0 Å². The van der Waals surface area contributed by atoms with Crippen molar-refractivity contribution in [1.29, 1.82) is 0 Å². The molecular formula is C20H21ClN2O4. The third-order valence-corrected chi connectivity index (χ3v) is 4.91. The summed E-state index contributed by atoms with van der Waals surface area (Å²) in [6.45, 7) is 0.340. The van der Waals surface area contributed by atoms with E-state index in [2.05, 4.69) is 10.6 Å². The Bertz CT molecular complexity index is 856. The van der Waals surface area contributed by atoms with Crippen LogP contribution in [0.5, 0.6) is 11.5 Å². The average Bonchev–Trinajstić information content (AvgIpc) is 3.48. The Morgan fingerprint density at radius 1 is 1.07 bits per heavy atom. The van der Waals surface area contributed by atoms with Crippen LogP contribution < -0.4 is 20.1 Å². The number of nitrogens with one attached hydrogen (secondary N) is 2. The molecule has 0 spiro atoms. The number of carbonyl (C=O) groups is 2. The van der Waals surface area contributed by atoms with Crippen LogP contribution in [0.2, 0.25) is 5.02 Å². The van der Waals surface area contributed by atoms with Gasteiger partial charge in [-0.1, -0.05) is 29.8 Å². The van der Waals surface area contributed by atoms with Crippen molar-refractivity contribution >= 4 is 29.1 Å². The molecule has 1 fully saturated rings. The summed E-state index contributed by atoms with van der Waals surface area (Å²) < 4.78 is 10.4. The van der Waals surface area contributed by atoms with Crippen LogP contribution in [-0.2, 0) is 16.1 Å². The fourth-order valence-electron chi connectivity index (χ4n) is 2.87. The lowest BCUT2D eigenvalue weighted by molar-refractivity contribution is -0.125. The van der Waals surface area contributed by atoms with Gasteiger partial charge in [0.2, 0.25) is 11.8 Å². The molecule has 0 aromatic heterocycles. The van der Waals surface area contributed by atoms with Gasteiger partial charge in [0, 0.05) is 17.6 Å². The number of anilines is 1. The van der Waals surface area contributed by atoms with Gasteiger partial charge in [-0.15, -0.1) is 0 Å². The molecule has 2 atom stereocenters. The van der Waals surface area contributed by atoms with E-state index in [0.717, 1.165) is 5.56 Å². The lowest BCUT2D eigenvalue weighted by atomic mass is 10.2. The predicted molar refractivity (Wildman–Crippen MR) is 103 cm³/mol. The Morgan fingerprint density at radius 3 is 2.52 bits per heavy atom. The van der Waals surface area contributed by atoms with Gasteiger partial charge in [-0.05, 0) is 30.2 Å². The first kappa shape index (κ1) is 19.0. The summed E-state index contributed by atoms with van der Waals surface area (Å²) in [6, 6.07) is 12.5. The molecule has 1 aliphatic rings. The summed E-state index contributed by atoms with van der Waals surface area (Å²) in [6.07, 6.45) is 0.520. The van der Waals surface area contributed by atoms with Gasteiger partial charge in [0.05, 0.1) is 31.7 Å². The van der Waals surface area contributed by atoms with Crippen LogP contribution in [-0.4, -0.2) is 26.0 Å². The molecule has 27 heavy (non-hydrogen) atoms. The minimum Gasteiger partial charge on any atom is -0.497 e. The van der Waals surface area contributed by atoms with Crippen LogP contribution in [0.4, 0.5) is 5.69 Å². The molecule has 0 aliphatic heterocycles. The number of methoxy groups -OCH3 is 2. The lowest BCUT2D eigenvalue weighted by Crippen LogP contribution is -2.27. The average molecular weight is 389 g/mol. The SMILES string of the molecule is COc1ccc(OC)c(NC(=O)C2CC2C(=O)NCc2ccccc2Cl)c1. The van der Waals surface area contributed by atoms with Gasteiger partial charge in [0.1, 0.15) is 11.5 Å². The molecule has 0 saturated heterocycles. The van der Waals surface area contributed by atoms with Crippen molar-refractivity contribution in [3.63, 3.8) is 0 Å². The predicted octanol–water partition coefficient (Wildman–Crippen LogP) is 3.25. The molecule has 0 bridgehead atoms. The number of hydrogen-bond donors (Lipinski definition) is 2. The molecule has 7 heteroatoms. The molecule has 142 valence electrons. The van der Waals surface area contributed by atoms with Crippen molar-refractivity contribution in [2.24, 2.45) is 11.8 Å². The molecule has 2 unspecified atom stereocenters. The number of carbonyl (C=O) groups excluding carboxylic acids is 2. The van der Waals surface area contributed by atoms with Crippen molar-refractivity contribution in [2.45, 2.75) is 13.0 Å². The molecule has 1 aliphatic carbocycles. The summed E-state index contributed by atoms with van der Waals surface area (Å²) in [5.74, 6) is 0.101. The van der Waals surface area contributed by atoms with E-state index in [1.165, 1.54) is 7.11 Å². The van der Waals surface area contributed by atoms with E-state index in [-0.39, 0.29) is 23.7 Å². The topological polar surface area (TPSA) is 76.7 Å². The number of hydrogen-bond acceptors (Lipinski definition) is 4. The van der Waals surface area contributed by atoms with E-state index >= 15 is 0 Å². The summed E-state index contributed by atoms with van der Waals surface area (Å²) in [5, 5.41) is 6.27. The van der Waals surface area contributed by atoms with Crippen LogP contribution >= 0.6 is 11.6 Å². The normalized spacial score (nSPS) is 17.7. The zero-order chi connectivity index (χ0) is 19.4. The molecule has 3 rings (SSSR count). The maximum atomic E-state index is 12.5. The minimum absolute atomic E-state index is 0.146. The summed E-state index contributed by atoms with van der Waals surface area (Å²) in [4.78, 5) is 24.8. The van der Waals surface area contributed by atoms with E-state index in [4.69, 9.17) is 21.1 Å². The molecular weight excluding hydrogens is 368 g/mol. The maximum absolute atomic E-state index is 12.5. The quantitative estimate of drug-likeness (QED) is 0.763. The van der Waals surface area contributed by atoms with Crippen molar-refractivity contribution in [1.82, 2.24) is 5.32 Å². The van der Waals surface area contributed by atoms with E-state index in [1.807, 2.05) is 18.2 Å². The Hall–Kier alpha value is -2.73. The van der Waals surface area contributed by atoms with Gasteiger partial charge >= 0.3 is 0 Å². The van der Waals surface area contributed by atoms with E-state index in [1.54, 1.807) is 31.4 Å². The van der Waals surface area contributed by atoms with Gasteiger partial charge in [0.25, 0.3) is 0 Å². The Labute approximate surface area is 162 Å². The van der Waals surface area contributed by atoms with E-state index in [0.29, 0.717) is 35.2 Å². The second kappa shape index (κ2) is 8.31. The van der Waals surface area contributed by atoms with Crippen molar-refractivity contribution in [2.75, 3.05) is 19.5 Å². The van der Waals surface area contributed by atoms with E-state index < -0.39 is 0 Å². The standard InChI is InChI=1S/C20H21ClN2O4/c1-26-13-7-8-18(27-2)17(9-13)23-20(25)15-10-14(15)19(24)22-11-12-5-3-4-6-16(12)21/h3-9,14-15H,10-11H2,1-2H3,(H,22,24)(H,23,25). The van der Waals surface area contributed by atoms with Gasteiger partial charge in [-0.2, -0.15) is 0 Å². The van der Waals surface area contributed by atoms with Crippen molar-refractivity contribution < 1.29 is 19.1 Å². The molecule has 0 radical (unpaired) electrons. The van der Waals surface area contributed by atoms with Gasteiger partial charge in [-0.3, -0.25) is 9.59 Å². The summed E-state index contributed by atoms with van der Waals surface area (Å²) in [7, 11) is 3.08. The van der Waals surface area contributed by atoms with Crippen LogP contribution in [0.1, 0.15) is 12.0 Å². The molecule has 2 amide bonds. The first-order valence-electron chi connectivity index (χ1n) is 8.57. The highest BCUT2D eigenvalue weighted by molar-refractivity contribution is 6.31. The number of rotatable bonds is 7. The molecule has 6 nitrogen and oxygen atoms in total. The zero-order valence-corrected chi connectivity index (χ0v) is 15.9. The molecule has 0 heterocycles. The second-order valence-corrected chi connectivity index (χ2v) is 6.72. The zero-order valence-electron chi connectivity index (χ0n) is 15.1. The third kappa shape index (κ3) is 4.52. The first-order valence-corrected chi connectivity index (χ1v) is 8.95. The highest BCUT2D eigenvalue weighted by Gasteiger charge is 2.48. The second-order valence-electron chi connectivity index (χ2n) is 6.31. The number of ether oxygens (including phenoxy) is 2. The Balaban J connectivity index is 1.56. The Morgan fingerprint density at radius 2 is 1.81 bits per heavy atom. The first-order chi connectivity index (χ1) is 13.0. The maximum Gasteiger partial charge on any atom is 0.228 e. The monoisotopic (exact) mass is 388 g/mol. The number of benzene rings is 2. The molecule has 2 aromatic carbocycles. The van der Waals surface area contributed by atoms with Crippen LogP contribution in [0, 0.1) is 11.8 Å². The fraction of sp³-hybridized carbons (Fsp3) is 0.300. The lowest BCUT2D eigenvalue weighted by Gasteiger charge is -2.12. The van der Waals surface area contributed by atoms with Gasteiger partial charge in [0.15, 0.2) is 0 Å². The van der Waals surface area contributed by atoms with Crippen molar-refractivity contribution in [3.8, 4) is 11.5 Å². The highest BCUT2D eigenvalue weighted by Crippen LogP contribution is 2.40. The van der Waals surface area contributed by atoms with Crippen LogP contribution in [0.15, 0.2) is 42.5 Å². The van der Waals surface area contributed by atoms with Gasteiger partial charge < -0.3 is 20.1 Å². The minimum atomic E-state index is -0.354. The molecule has 1 saturated carbocycles. The summed E-state index contributed by atoms with van der Waals surface area (Å²) in [5.41, 5.74) is 1.36. The number of amides is 2. The van der Waals surface area contributed by atoms with Gasteiger partial charge in [-0.25, -0.2) is 0 Å². The molecule has 2 N–H and O–H groups in total. The third-order valence-electron chi connectivity index (χ3n) is 4.54. The van der Waals surface area contributed by atoms with E-state index in [9.17, 15) is 9.59 Å². The fourth-order valence-corrected chi connectivity index (χ4v) is 3.07. The highest BCUT2D eigenvalue weighted by atomic mass is 35.5. The smallest absolute Gasteiger partial charge is 0.228 e. The Kier molecular flexibility index (Phi) is 5.86. The molecule has 2 aromatic rings. The van der Waals surface area contributed by atoms with Crippen LogP contribution in [0.3, 0.4) is 0 Å². The number of halogens is 1. The van der Waals surface area contributed by atoms with Crippen molar-refractivity contribution in [3.05, 3.63) is 53.1 Å². The largest absolute Gasteiger partial charge is 0.497 e. The summed E-state index contributed by atoms with van der Waals surface area (Å²) >= 11 is 6.09.